The van der Waals surface area contributed by atoms with Crippen molar-refractivity contribution < 1.29 is 0 Å². The highest BCUT2D eigenvalue weighted by Crippen LogP contribution is 2.41. The van der Waals surface area contributed by atoms with Crippen LogP contribution in [0.2, 0.25) is 0 Å². The van der Waals surface area contributed by atoms with Crippen LogP contribution in [0.15, 0.2) is 79.4 Å². The molecular weight excluding hydrogens is 428 g/mol. The molecule has 0 saturated carbocycles. The monoisotopic (exact) mass is 454 g/mol. The van der Waals surface area contributed by atoms with Crippen molar-refractivity contribution in [2.75, 3.05) is 0 Å². The second kappa shape index (κ2) is 9.11. The van der Waals surface area contributed by atoms with Crippen molar-refractivity contribution in [1.82, 2.24) is 29.7 Å². The summed E-state index contributed by atoms with van der Waals surface area (Å²) in [6.45, 7) is 5.76. The highest BCUT2D eigenvalue weighted by molar-refractivity contribution is 7.80. The van der Waals surface area contributed by atoms with Crippen LogP contribution in [0.1, 0.15) is 46.0 Å². The second-order valence-corrected chi connectivity index (χ2v) is 8.74. The molecule has 1 saturated heterocycles. The quantitative estimate of drug-likeness (QED) is 0.433. The molecule has 2 atom stereocenters. The molecule has 33 heavy (non-hydrogen) atoms. The molecule has 1 aliphatic heterocycles. The Morgan fingerprint density at radius 2 is 1.76 bits per heavy atom. The lowest BCUT2D eigenvalue weighted by Crippen LogP contribution is -2.29. The van der Waals surface area contributed by atoms with Gasteiger partial charge >= 0.3 is 0 Å². The molecule has 4 aromatic heterocycles. The first-order valence-corrected chi connectivity index (χ1v) is 11.5. The maximum absolute atomic E-state index is 5.83. The van der Waals surface area contributed by atoms with E-state index in [1.165, 1.54) is 22.5 Å². The van der Waals surface area contributed by atoms with Crippen molar-refractivity contribution in [2.45, 2.75) is 39.0 Å². The van der Waals surface area contributed by atoms with E-state index < -0.39 is 0 Å². The van der Waals surface area contributed by atoms with Crippen molar-refractivity contribution >= 4 is 17.3 Å². The van der Waals surface area contributed by atoms with E-state index in [2.05, 4.69) is 61.8 Å². The van der Waals surface area contributed by atoms with Crippen LogP contribution in [0, 0.1) is 13.8 Å². The summed E-state index contributed by atoms with van der Waals surface area (Å²) >= 11 is 5.83. The summed E-state index contributed by atoms with van der Waals surface area (Å²) in [6.07, 6.45) is 7.40. The van der Waals surface area contributed by atoms with E-state index in [1.54, 1.807) is 0 Å². The minimum Gasteiger partial charge on any atom is -0.352 e. The molecule has 7 heteroatoms. The Bertz CT molecular complexity index is 1240. The molecule has 0 unspecified atom stereocenters. The van der Waals surface area contributed by atoms with E-state index in [0.29, 0.717) is 6.54 Å². The van der Waals surface area contributed by atoms with Crippen LogP contribution in [-0.4, -0.2) is 29.5 Å². The Kier molecular flexibility index (Phi) is 5.88. The summed E-state index contributed by atoms with van der Waals surface area (Å²) in [5.41, 5.74) is 6.82. The summed E-state index contributed by atoms with van der Waals surface area (Å²) in [7, 11) is 0. The van der Waals surface area contributed by atoms with Crippen molar-refractivity contribution in [2.24, 2.45) is 0 Å². The van der Waals surface area contributed by atoms with Crippen LogP contribution in [0.25, 0.3) is 0 Å². The molecule has 0 radical (unpaired) electrons. The van der Waals surface area contributed by atoms with Crippen LogP contribution in [-0.2, 0) is 13.1 Å². The third-order valence-electron chi connectivity index (χ3n) is 6.25. The number of hydrogen-bond donors (Lipinski definition) is 1. The van der Waals surface area contributed by atoms with Crippen LogP contribution in [0.5, 0.6) is 0 Å². The van der Waals surface area contributed by atoms with Crippen LogP contribution in [0.4, 0.5) is 0 Å². The number of hydrogen-bond acceptors (Lipinski definition) is 4. The van der Waals surface area contributed by atoms with Crippen LogP contribution >= 0.6 is 12.2 Å². The first-order valence-electron chi connectivity index (χ1n) is 11.1. The van der Waals surface area contributed by atoms with Gasteiger partial charge in [0.1, 0.15) is 0 Å². The van der Waals surface area contributed by atoms with E-state index in [1.807, 2.05) is 61.2 Å². The predicted octanol–water partition coefficient (Wildman–Crippen LogP) is 4.51. The Morgan fingerprint density at radius 3 is 2.45 bits per heavy atom. The average Bonchev–Trinajstić information content (AvgIpc) is 3.31. The fourth-order valence-electron chi connectivity index (χ4n) is 4.63. The molecule has 4 aromatic rings. The molecule has 0 aliphatic carbocycles. The normalized spacial score (nSPS) is 17.9. The van der Waals surface area contributed by atoms with Gasteiger partial charge in [0, 0.05) is 42.7 Å². The van der Waals surface area contributed by atoms with Crippen molar-refractivity contribution in [1.29, 1.82) is 0 Å². The molecule has 0 spiro atoms. The van der Waals surface area contributed by atoms with Gasteiger partial charge < -0.3 is 14.8 Å². The Labute approximate surface area is 199 Å². The van der Waals surface area contributed by atoms with Crippen molar-refractivity contribution in [3.63, 3.8) is 0 Å². The Hall–Kier alpha value is -3.58. The predicted molar refractivity (Wildman–Crippen MR) is 132 cm³/mol. The highest BCUT2D eigenvalue weighted by Gasteiger charge is 2.41. The lowest BCUT2D eigenvalue weighted by atomic mass is 9.96. The molecular formula is C26H26N6S. The van der Waals surface area contributed by atoms with E-state index in [-0.39, 0.29) is 12.1 Å². The number of pyridine rings is 3. The summed E-state index contributed by atoms with van der Waals surface area (Å²) in [4.78, 5) is 15.7. The molecule has 6 nitrogen and oxygen atoms in total. The van der Waals surface area contributed by atoms with Gasteiger partial charge in [0.15, 0.2) is 5.11 Å². The largest absolute Gasteiger partial charge is 0.352 e. The minimum atomic E-state index is -0.0465. The third-order valence-corrected chi connectivity index (χ3v) is 6.60. The maximum atomic E-state index is 5.83. The third kappa shape index (κ3) is 4.24. The van der Waals surface area contributed by atoms with E-state index >= 15 is 0 Å². The van der Waals surface area contributed by atoms with E-state index in [4.69, 9.17) is 12.2 Å². The molecule has 0 amide bonds. The maximum Gasteiger partial charge on any atom is 0.170 e. The summed E-state index contributed by atoms with van der Waals surface area (Å²) in [6, 6.07) is 18.4. The SMILES string of the molecule is Cc1cc([C@H]2[C@H](c3ccccn3)NC(=S)N2Cc2ccccn2)c(C)n1Cc1cccnc1. The minimum absolute atomic E-state index is 0.00301. The van der Waals surface area contributed by atoms with Gasteiger partial charge in [-0.2, -0.15) is 0 Å². The number of thiocarbonyl (C=S) groups is 1. The van der Waals surface area contributed by atoms with Crippen LogP contribution in [0.3, 0.4) is 0 Å². The standard InChI is InChI=1S/C26H26N6S/c1-18-14-22(19(2)31(18)16-20-8-7-11-27-15-20)25-24(23-10-4-6-13-29-23)30-26(33)32(25)17-21-9-3-5-12-28-21/h3-15,24-25H,16-17H2,1-2H3,(H,30,33)/t24-,25-/m0/s1. The summed E-state index contributed by atoms with van der Waals surface area (Å²) in [5, 5.41) is 4.26. The van der Waals surface area contributed by atoms with Gasteiger partial charge in [-0.25, -0.2) is 0 Å². The molecule has 0 aromatic carbocycles. The fourth-order valence-corrected chi connectivity index (χ4v) is 4.93. The number of aryl methyl sites for hydroxylation is 1. The smallest absolute Gasteiger partial charge is 0.170 e. The van der Waals surface area contributed by atoms with Gasteiger partial charge in [0.05, 0.1) is 30.0 Å². The topological polar surface area (TPSA) is 58.9 Å². The molecule has 1 fully saturated rings. The molecule has 1 N–H and O–H groups in total. The fraction of sp³-hybridized carbons (Fsp3) is 0.231. The zero-order chi connectivity index (χ0) is 22.8. The zero-order valence-electron chi connectivity index (χ0n) is 18.7. The number of rotatable bonds is 6. The van der Waals surface area contributed by atoms with Crippen molar-refractivity contribution in [3.05, 3.63) is 113 Å². The molecule has 5 heterocycles. The van der Waals surface area contributed by atoms with Gasteiger partial charge in [0.25, 0.3) is 0 Å². The summed E-state index contributed by atoms with van der Waals surface area (Å²) in [5.74, 6) is 0. The first kappa shape index (κ1) is 21.3. The van der Waals surface area contributed by atoms with Gasteiger partial charge in [0.2, 0.25) is 0 Å². The molecule has 166 valence electrons. The molecule has 1 aliphatic rings. The Morgan fingerprint density at radius 1 is 0.939 bits per heavy atom. The first-order chi connectivity index (χ1) is 16.1. The van der Waals surface area contributed by atoms with Gasteiger partial charge in [-0.3, -0.25) is 15.0 Å². The highest BCUT2D eigenvalue weighted by atomic mass is 32.1. The van der Waals surface area contributed by atoms with Gasteiger partial charge in [-0.05, 0) is 73.6 Å². The van der Waals surface area contributed by atoms with E-state index in [9.17, 15) is 0 Å². The van der Waals surface area contributed by atoms with Crippen LogP contribution < -0.4 is 5.32 Å². The molecule has 5 rings (SSSR count). The Balaban J connectivity index is 1.56. The second-order valence-electron chi connectivity index (χ2n) is 8.35. The number of nitrogens with zero attached hydrogens (tertiary/aromatic N) is 5. The lowest BCUT2D eigenvalue weighted by molar-refractivity contribution is 0.307. The number of aromatic nitrogens is 4. The van der Waals surface area contributed by atoms with Gasteiger partial charge in [-0.1, -0.05) is 18.2 Å². The number of nitrogens with one attached hydrogen (secondary N) is 1. The zero-order valence-corrected chi connectivity index (χ0v) is 19.5. The van der Waals surface area contributed by atoms with E-state index in [0.717, 1.165) is 23.0 Å². The van der Waals surface area contributed by atoms with Crippen molar-refractivity contribution in [3.8, 4) is 0 Å². The lowest BCUT2D eigenvalue weighted by Gasteiger charge is -2.28. The average molecular weight is 455 g/mol. The summed E-state index contributed by atoms with van der Waals surface area (Å²) < 4.78 is 2.35. The molecule has 0 bridgehead atoms. The van der Waals surface area contributed by atoms with Gasteiger partial charge in [-0.15, -0.1) is 0 Å².